The maximum atomic E-state index is 11.4. The predicted molar refractivity (Wildman–Crippen MR) is 87.4 cm³/mol. The topological polar surface area (TPSA) is 35.5 Å². The molecule has 0 fully saturated rings. The summed E-state index contributed by atoms with van der Waals surface area (Å²) in [6, 6.07) is 0. The summed E-state index contributed by atoms with van der Waals surface area (Å²) < 4.78 is 11.2. The van der Waals surface area contributed by atoms with E-state index < -0.39 is 8.32 Å². The van der Waals surface area contributed by atoms with E-state index >= 15 is 0 Å². The van der Waals surface area contributed by atoms with E-state index in [0.29, 0.717) is 13.0 Å². The number of rotatable bonds is 8. The summed E-state index contributed by atoms with van der Waals surface area (Å²) in [5.41, 5.74) is 1.06. The summed E-state index contributed by atoms with van der Waals surface area (Å²) in [5, 5.41) is 0.217. The lowest BCUT2D eigenvalue weighted by molar-refractivity contribution is -0.147. The third kappa shape index (κ3) is 7.85. The van der Waals surface area contributed by atoms with Crippen molar-refractivity contribution in [1.82, 2.24) is 0 Å². The molecule has 20 heavy (non-hydrogen) atoms. The molecule has 3 nitrogen and oxygen atoms in total. The molecule has 0 amide bonds. The van der Waals surface area contributed by atoms with Gasteiger partial charge in [-0.15, -0.1) is 0 Å². The van der Waals surface area contributed by atoms with E-state index in [4.69, 9.17) is 9.16 Å². The van der Waals surface area contributed by atoms with Crippen molar-refractivity contribution < 1.29 is 14.0 Å². The van der Waals surface area contributed by atoms with Gasteiger partial charge < -0.3 is 9.16 Å². The molecule has 4 heteroatoms. The summed E-state index contributed by atoms with van der Waals surface area (Å²) in [4.78, 5) is 11.4. The fourth-order valence-electron chi connectivity index (χ4n) is 1.38. The van der Waals surface area contributed by atoms with Crippen LogP contribution in [0.25, 0.3) is 0 Å². The molecule has 0 aromatic rings. The van der Waals surface area contributed by atoms with Crippen molar-refractivity contribution in [3.8, 4) is 0 Å². The van der Waals surface area contributed by atoms with E-state index in [9.17, 15) is 4.79 Å². The van der Waals surface area contributed by atoms with Gasteiger partial charge in [0.15, 0.2) is 8.32 Å². The van der Waals surface area contributed by atoms with Crippen LogP contribution in [0.15, 0.2) is 12.2 Å². The van der Waals surface area contributed by atoms with Gasteiger partial charge in [-0.05, 0) is 44.8 Å². The summed E-state index contributed by atoms with van der Waals surface area (Å²) in [6.07, 6.45) is 2.03. The highest BCUT2D eigenvalue weighted by molar-refractivity contribution is 6.74. The number of carbonyl (C=O) groups is 1. The lowest BCUT2D eigenvalue weighted by Crippen LogP contribution is -2.41. The fourth-order valence-corrected chi connectivity index (χ4v) is 2.37. The zero-order chi connectivity index (χ0) is 16.0. The van der Waals surface area contributed by atoms with Gasteiger partial charge in [-0.1, -0.05) is 32.9 Å². The number of carbonyl (C=O) groups excluding carboxylic acids is 1. The van der Waals surface area contributed by atoms with Crippen LogP contribution in [0.2, 0.25) is 18.1 Å². The van der Waals surface area contributed by atoms with Gasteiger partial charge >= 0.3 is 5.97 Å². The normalized spacial score (nSPS) is 12.6. The van der Waals surface area contributed by atoms with Crippen LogP contribution in [0, 0.1) is 0 Å². The molecule has 0 aliphatic carbocycles. The Morgan fingerprint density at radius 1 is 1.20 bits per heavy atom. The Kier molecular flexibility index (Phi) is 7.74. The molecule has 0 aliphatic rings. The Morgan fingerprint density at radius 2 is 1.75 bits per heavy atom. The zero-order valence-corrected chi connectivity index (χ0v) is 15.3. The molecule has 0 aromatic carbocycles. The highest BCUT2D eigenvalue weighted by atomic mass is 28.4. The quantitative estimate of drug-likeness (QED) is 0.371. The second kappa shape index (κ2) is 7.98. The van der Waals surface area contributed by atoms with E-state index in [0.717, 1.165) is 18.4 Å². The van der Waals surface area contributed by atoms with Crippen LogP contribution in [0.4, 0.5) is 0 Å². The van der Waals surface area contributed by atoms with Gasteiger partial charge in [0.2, 0.25) is 0 Å². The van der Waals surface area contributed by atoms with Crippen molar-refractivity contribution in [2.45, 2.75) is 78.1 Å². The molecule has 0 bridgehead atoms. The lowest BCUT2D eigenvalue weighted by atomic mass is 10.1. The largest absolute Gasteiger partial charge is 0.463 e. The highest BCUT2D eigenvalue weighted by Gasteiger charge is 2.36. The van der Waals surface area contributed by atoms with E-state index in [2.05, 4.69) is 40.4 Å². The Morgan fingerprint density at radius 3 is 2.20 bits per heavy atom. The first-order valence-electron chi connectivity index (χ1n) is 7.46. The van der Waals surface area contributed by atoms with Crippen LogP contribution < -0.4 is 0 Å². The lowest BCUT2D eigenvalue weighted by Gasteiger charge is -2.36. The number of ether oxygens (including phenoxy) is 1. The number of hydrogen-bond acceptors (Lipinski definition) is 3. The van der Waals surface area contributed by atoms with Crippen LogP contribution >= 0.6 is 0 Å². The zero-order valence-electron chi connectivity index (χ0n) is 14.3. The Hall–Kier alpha value is -0.613. The van der Waals surface area contributed by atoms with E-state index in [1.165, 1.54) is 0 Å². The van der Waals surface area contributed by atoms with Gasteiger partial charge in [0.25, 0.3) is 0 Å². The average Bonchev–Trinajstić information content (AvgIpc) is 2.23. The molecule has 0 atom stereocenters. The molecule has 118 valence electrons. The molecule has 0 spiro atoms. The van der Waals surface area contributed by atoms with E-state index in [1.54, 1.807) is 0 Å². The van der Waals surface area contributed by atoms with E-state index in [1.807, 2.05) is 13.8 Å². The minimum Gasteiger partial charge on any atom is -0.463 e. The third-order valence-electron chi connectivity index (χ3n) is 3.72. The average molecular weight is 301 g/mol. The Balaban J connectivity index is 3.94. The maximum Gasteiger partial charge on any atom is 0.306 e. The molecule has 0 aromatic heterocycles. The van der Waals surface area contributed by atoms with Gasteiger partial charge in [0.1, 0.15) is 0 Å². The van der Waals surface area contributed by atoms with Crippen LogP contribution in [0.1, 0.15) is 53.9 Å². The molecule has 0 aliphatic heterocycles. The van der Waals surface area contributed by atoms with Crippen molar-refractivity contribution >= 4 is 14.3 Å². The minimum atomic E-state index is -1.70. The minimum absolute atomic E-state index is 0.0346. The Labute approximate surface area is 125 Å². The summed E-state index contributed by atoms with van der Waals surface area (Å²) in [7, 11) is -1.70. The van der Waals surface area contributed by atoms with Crippen molar-refractivity contribution in [1.29, 1.82) is 0 Å². The van der Waals surface area contributed by atoms with Crippen molar-refractivity contribution in [3.05, 3.63) is 12.2 Å². The second-order valence-corrected chi connectivity index (χ2v) is 12.0. The van der Waals surface area contributed by atoms with Crippen molar-refractivity contribution in [3.63, 3.8) is 0 Å². The fraction of sp³-hybridized carbons (Fsp3) is 0.812. The van der Waals surface area contributed by atoms with Gasteiger partial charge in [0.05, 0.1) is 12.7 Å². The van der Waals surface area contributed by atoms with Gasteiger partial charge in [0, 0.05) is 6.42 Å². The van der Waals surface area contributed by atoms with Crippen LogP contribution in [-0.2, 0) is 14.0 Å². The molecular weight excluding hydrogens is 268 g/mol. The molecule has 0 saturated carbocycles. The molecule has 0 heterocycles. The molecular formula is C16H32O3Si. The SMILES string of the molecule is C=C(CCCC(=O)OC(C)C)CO[Si](C)(C)C(C)(C)C. The highest BCUT2D eigenvalue weighted by Crippen LogP contribution is 2.36. The van der Waals surface area contributed by atoms with E-state index in [-0.39, 0.29) is 17.1 Å². The van der Waals surface area contributed by atoms with Crippen LogP contribution in [0.5, 0.6) is 0 Å². The molecule has 0 N–H and O–H groups in total. The molecule has 0 unspecified atom stereocenters. The first-order chi connectivity index (χ1) is 8.95. The summed E-state index contributed by atoms with van der Waals surface area (Å²) in [6.45, 7) is 19.5. The first-order valence-corrected chi connectivity index (χ1v) is 10.4. The third-order valence-corrected chi connectivity index (χ3v) is 8.20. The summed E-state index contributed by atoms with van der Waals surface area (Å²) in [5.74, 6) is -0.127. The first kappa shape index (κ1) is 19.4. The van der Waals surface area contributed by atoms with Crippen molar-refractivity contribution in [2.24, 2.45) is 0 Å². The number of hydrogen-bond donors (Lipinski definition) is 0. The summed E-state index contributed by atoms with van der Waals surface area (Å²) >= 11 is 0. The predicted octanol–water partition coefficient (Wildman–Crippen LogP) is 4.69. The smallest absolute Gasteiger partial charge is 0.306 e. The van der Waals surface area contributed by atoms with Crippen LogP contribution in [0.3, 0.4) is 0 Å². The monoisotopic (exact) mass is 300 g/mol. The standard InChI is InChI=1S/C16H32O3Si/c1-13(2)19-15(17)11-9-10-14(3)12-18-20(7,8)16(4,5)6/h13H,3,9-12H2,1-2,4-8H3. The molecule has 0 radical (unpaired) electrons. The Bertz CT molecular complexity index is 327. The van der Waals surface area contributed by atoms with Crippen molar-refractivity contribution in [2.75, 3.05) is 6.61 Å². The number of esters is 1. The second-order valence-electron chi connectivity index (χ2n) is 7.19. The molecule has 0 saturated heterocycles. The molecule has 0 rings (SSSR count). The van der Waals surface area contributed by atoms with Crippen LogP contribution in [-0.4, -0.2) is 27.0 Å². The van der Waals surface area contributed by atoms with Gasteiger partial charge in [-0.2, -0.15) is 0 Å². The van der Waals surface area contributed by atoms with Gasteiger partial charge in [-0.3, -0.25) is 4.79 Å². The maximum absolute atomic E-state index is 11.4. The van der Waals surface area contributed by atoms with Gasteiger partial charge in [-0.25, -0.2) is 0 Å².